The summed E-state index contributed by atoms with van der Waals surface area (Å²) in [6.45, 7) is 1.98. The Morgan fingerprint density at radius 3 is 2.75 bits per heavy atom. The van der Waals surface area contributed by atoms with Crippen LogP contribution in [0.5, 0.6) is 11.5 Å². The highest BCUT2D eigenvalue weighted by molar-refractivity contribution is 6.50. The third-order valence-corrected chi connectivity index (χ3v) is 3.78. The van der Waals surface area contributed by atoms with E-state index >= 15 is 0 Å². The molecule has 24 heavy (non-hydrogen) atoms. The number of benzene rings is 2. The minimum absolute atomic E-state index is 0.0295. The van der Waals surface area contributed by atoms with Crippen LogP contribution in [0.25, 0.3) is 22.5 Å². The van der Waals surface area contributed by atoms with Gasteiger partial charge in [0.05, 0.1) is 7.11 Å². The molecule has 0 fully saturated rings. The average Bonchev–Trinajstić information content (AvgIpc) is 3.05. The predicted octanol–water partition coefficient (Wildman–Crippen LogP) is 4.50. The Kier molecular flexibility index (Phi) is 4.53. The molecule has 0 bridgehead atoms. The summed E-state index contributed by atoms with van der Waals surface area (Å²) in [5, 5.41) is 14.1. The SMILES string of the molecule is COc1ccc(/C=C(\Cl)c2nc(-c3ccccc3C)no2)cc1O. The molecule has 0 radical (unpaired) electrons. The zero-order valence-corrected chi connectivity index (χ0v) is 13.9. The molecule has 0 saturated carbocycles. The second-order valence-corrected chi connectivity index (χ2v) is 5.57. The van der Waals surface area contributed by atoms with Gasteiger partial charge in [0.25, 0.3) is 5.89 Å². The minimum atomic E-state index is 0.0295. The second-order valence-electron chi connectivity index (χ2n) is 5.16. The van der Waals surface area contributed by atoms with Crippen molar-refractivity contribution in [2.75, 3.05) is 7.11 Å². The highest BCUT2D eigenvalue weighted by Crippen LogP contribution is 2.30. The first kappa shape index (κ1) is 16.1. The molecular weight excluding hydrogens is 328 g/mol. The van der Waals surface area contributed by atoms with Crippen LogP contribution in [0.15, 0.2) is 47.0 Å². The first-order valence-corrected chi connectivity index (χ1v) is 7.60. The van der Waals surface area contributed by atoms with Gasteiger partial charge in [-0.2, -0.15) is 4.98 Å². The Hall–Kier alpha value is -2.79. The Bertz CT molecular complexity index is 903. The summed E-state index contributed by atoms with van der Waals surface area (Å²) >= 11 is 6.26. The summed E-state index contributed by atoms with van der Waals surface area (Å²) in [6.07, 6.45) is 1.63. The maximum absolute atomic E-state index is 9.81. The third kappa shape index (κ3) is 3.26. The zero-order valence-electron chi connectivity index (χ0n) is 13.2. The summed E-state index contributed by atoms with van der Waals surface area (Å²) in [4.78, 5) is 4.33. The first-order chi connectivity index (χ1) is 11.6. The maximum Gasteiger partial charge on any atom is 0.269 e. The molecule has 0 amide bonds. The van der Waals surface area contributed by atoms with Gasteiger partial charge in [0.1, 0.15) is 5.03 Å². The van der Waals surface area contributed by atoms with Crippen LogP contribution in [0, 0.1) is 6.92 Å². The molecule has 1 aromatic heterocycles. The van der Waals surface area contributed by atoms with Crippen LogP contribution in [0.3, 0.4) is 0 Å². The fourth-order valence-electron chi connectivity index (χ4n) is 2.26. The van der Waals surface area contributed by atoms with E-state index in [1.807, 2.05) is 31.2 Å². The molecule has 6 heteroatoms. The number of methoxy groups -OCH3 is 1. The number of phenols is 1. The number of nitrogens with zero attached hydrogens (tertiary/aromatic N) is 2. The van der Waals surface area contributed by atoms with Crippen LogP contribution < -0.4 is 4.74 Å². The van der Waals surface area contributed by atoms with Gasteiger partial charge in [-0.1, -0.05) is 47.1 Å². The summed E-state index contributed by atoms with van der Waals surface area (Å²) in [5.41, 5.74) is 2.62. The molecule has 1 N–H and O–H groups in total. The molecule has 0 saturated heterocycles. The summed E-state index contributed by atoms with van der Waals surface area (Å²) < 4.78 is 10.2. The number of halogens is 1. The Balaban J connectivity index is 1.89. The number of aryl methyl sites for hydroxylation is 1. The van der Waals surface area contributed by atoms with E-state index in [1.165, 1.54) is 7.11 Å². The van der Waals surface area contributed by atoms with Gasteiger partial charge in [-0.05, 0) is 36.3 Å². The van der Waals surface area contributed by atoms with E-state index in [9.17, 15) is 5.11 Å². The smallest absolute Gasteiger partial charge is 0.269 e. The fraction of sp³-hybridized carbons (Fsp3) is 0.111. The number of aromatic hydroxyl groups is 1. The van der Waals surface area contributed by atoms with E-state index in [-0.39, 0.29) is 16.7 Å². The van der Waals surface area contributed by atoms with Crippen LogP contribution in [0.1, 0.15) is 17.0 Å². The van der Waals surface area contributed by atoms with Gasteiger partial charge in [-0.25, -0.2) is 0 Å². The van der Waals surface area contributed by atoms with Crippen molar-refractivity contribution < 1.29 is 14.4 Å². The molecule has 3 rings (SSSR count). The molecule has 0 aliphatic rings. The van der Waals surface area contributed by atoms with E-state index in [2.05, 4.69) is 10.1 Å². The van der Waals surface area contributed by atoms with Gasteiger partial charge in [-0.15, -0.1) is 0 Å². The minimum Gasteiger partial charge on any atom is -0.504 e. The number of rotatable bonds is 4. The summed E-state index contributed by atoms with van der Waals surface area (Å²) in [5.74, 6) is 1.11. The third-order valence-electron chi connectivity index (χ3n) is 3.51. The van der Waals surface area contributed by atoms with Crippen LogP contribution in [-0.4, -0.2) is 22.4 Å². The van der Waals surface area contributed by atoms with Gasteiger partial charge >= 0.3 is 0 Å². The van der Waals surface area contributed by atoms with Gasteiger partial charge < -0.3 is 14.4 Å². The van der Waals surface area contributed by atoms with Crippen molar-refractivity contribution in [3.8, 4) is 22.9 Å². The molecule has 0 aliphatic heterocycles. The molecule has 1 heterocycles. The number of hydrogen-bond donors (Lipinski definition) is 1. The van der Waals surface area contributed by atoms with Crippen LogP contribution in [0.2, 0.25) is 0 Å². The van der Waals surface area contributed by atoms with Crippen LogP contribution in [0.4, 0.5) is 0 Å². The van der Waals surface area contributed by atoms with E-state index in [4.69, 9.17) is 20.9 Å². The van der Waals surface area contributed by atoms with Crippen molar-refractivity contribution >= 4 is 22.7 Å². The molecule has 0 unspecified atom stereocenters. The van der Waals surface area contributed by atoms with Crippen LogP contribution >= 0.6 is 11.6 Å². The molecule has 3 aromatic rings. The lowest BCUT2D eigenvalue weighted by molar-refractivity contribution is 0.373. The van der Waals surface area contributed by atoms with Crippen molar-refractivity contribution in [3.05, 3.63) is 59.5 Å². The van der Waals surface area contributed by atoms with Crippen molar-refractivity contribution in [2.45, 2.75) is 6.92 Å². The fourth-order valence-corrected chi connectivity index (χ4v) is 2.46. The molecule has 0 aliphatic carbocycles. The zero-order chi connectivity index (χ0) is 17.1. The number of ether oxygens (including phenoxy) is 1. The van der Waals surface area contributed by atoms with E-state index in [0.29, 0.717) is 17.1 Å². The highest BCUT2D eigenvalue weighted by atomic mass is 35.5. The number of hydrogen-bond acceptors (Lipinski definition) is 5. The first-order valence-electron chi connectivity index (χ1n) is 7.23. The van der Waals surface area contributed by atoms with Crippen molar-refractivity contribution in [2.24, 2.45) is 0 Å². The molecular formula is C18H15ClN2O3. The van der Waals surface area contributed by atoms with Crippen molar-refractivity contribution in [1.82, 2.24) is 10.1 Å². The monoisotopic (exact) mass is 342 g/mol. The van der Waals surface area contributed by atoms with E-state index < -0.39 is 0 Å². The topological polar surface area (TPSA) is 68.4 Å². The molecule has 122 valence electrons. The van der Waals surface area contributed by atoms with Crippen LogP contribution in [-0.2, 0) is 0 Å². The molecule has 0 spiro atoms. The lowest BCUT2D eigenvalue weighted by atomic mass is 10.1. The lowest BCUT2D eigenvalue weighted by Gasteiger charge is -2.03. The summed E-state index contributed by atoms with van der Waals surface area (Å²) in [7, 11) is 1.49. The predicted molar refractivity (Wildman–Crippen MR) is 92.9 cm³/mol. The van der Waals surface area contributed by atoms with Gasteiger partial charge in [0.2, 0.25) is 5.82 Å². The largest absolute Gasteiger partial charge is 0.504 e. The van der Waals surface area contributed by atoms with E-state index in [0.717, 1.165) is 11.1 Å². The normalized spacial score (nSPS) is 11.5. The van der Waals surface area contributed by atoms with Gasteiger partial charge in [0, 0.05) is 5.56 Å². The average molecular weight is 343 g/mol. The Morgan fingerprint density at radius 2 is 2.04 bits per heavy atom. The standard InChI is InChI=1S/C18H15ClN2O3/c1-11-5-3-4-6-13(11)17-20-18(24-21-17)14(19)9-12-7-8-16(23-2)15(22)10-12/h3-10,22H,1-2H3/b14-9-. The maximum atomic E-state index is 9.81. The van der Waals surface area contributed by atoms with Crippen molar-refractivity contribution in [3.63, 3.8) is 0 Å². The quantitative estimate of drug-likeness (QED) is 0.756. The van der Waals surface area contributed by atoms with Gasteiger partial charge in [0.15, 0.2) is 11.5 Å². The lowest BCUT2D eigenvalue weighted by Crippen LogP contribution is -1.85. The number of phenolic OH excluding ortho intramolecular Hbond substituents is 1. The second kappa shape index (κ2) is 6.76. The van der Waals surface area contributed by atoms with Crippen molar-refractivity contribution in [1.29, 1.82) is 0 Å². The molecule has 5 nitrogen and oxygen atoms in total. The Labute approximate surface area is 144 Å². The molecule has 0 atom stereocenters. The Morgan fingerprint density at radius 1 is 1.25 bits per heavy atom. The summed E-state index contributed by atoms with van der Waals surface area (Å²) in [6, 6.07) is 12.7. The van der Waals surface area contributed by atoms with Gasteiger partial charge in [-0.3, -0.25) is 0 Å². The van der Waals surface area contributed by atoms with E-state index in [1.54, 1.807) is 24.3 Å². The highest BCUT2D eigenvalue weighted by Gasteiger charge is 2.13. The molecule has 2 aromatic carbocycles. The number of aromatic nitrogens is 2.